The molecule has 18 heavy (non-hydrogen) atoms. The van der Waals surface area contributed by atoms with Crippen molar-refractivity contribution >= 4 is 11.0 Å². The summed E-state index contributed by atoms with van der Waals surface area (Å²) < 4.78 is 2.10. The van der Waals surface area contributed by atoms with Crippen LogP contribution in [0, 0.1) is 11.3 Å². The second kappa shape index (κ2) is 4.43. The number of aliphatic hydroxyl groups excluding tert-OH is 1. The lowest BCUT2D eigenvalue weighted by Crippen LogP contribution is -2.27. The van der Waals surface area contributed by atoms with Gasteiger partial charge in [0.15, 0.2) is 0 Å². The van der Waals surface area contributed by atoms with Crippen molar-refractivity contribution in [2.45, 2.75) is 37.8 Å². The third-order valence-electron chi connectivity index (χ3n) is 3.74. The van der Waals surface area contributed by atoms with E-state index in [0.717, 1.165) is 36.7 Å². The van der Waals surface area contributed by atoms with Gasteiger partial charge in [-0.2, -0.15) is 5.26 Å². The summed E-state index contributed by atoms with van der Waals surface area (Å²) in [4.78, 5) is 4.27. The Kier molecular flexibility index (Phi) is 2.77. The van der Waals surface area contributed by atoms with Crippen LogP contribution in [0.2, 0.25) is 0 Å². The predicted octanol–water partition coefficient (Wildman–Crippen LogP) is 2.38. The molecule has 2 aromatic heterocycles. The molecule has 0 unspecified atom stereocenters. The molecule has 0 aliphatic heterocycles. The van der Waals surface area contributed by atoms with Crippen molar-refractivity contribution in [2.75, 3.05) is 0 Å². The highest BCUT2D eigenvalue weighted by Gasteiger charge is 2.25. The van der Waals surface area contributed by atoms with Gasteiger partial charge in [0.05, 0.1) is 23.2 Å². The zero-order chi connectivity index (χ0) is 12.5. The van der Waals surface area contributed by atoms with Crippen molar-refractivity contribution in [1.29, 1.82) is 5.26 Å². The van der Waals surface area contributed by atoms with E-state index in [2.05, 4.69) is 9.55 Å². The number of nitrogens with zero attached hydrogens (tertiary/aromatic N) is 3. The highest BCUT2D eigenvalue weighted by Crippen LogP contribution is 2.31. The fourth-order valence-electron chi connectivity index (χ4n) is 2.81. The quantitative estimate of drug-likeness (QED) is 0.833. The number of rotatable bonds is 1. The topological polar surface area (TPSA) is 61.8 Å². The van der Waals surface area contributed by atoms with E-state index < -0.39 is 0 Å². The number of aliphatic hydroxyl groups is 1. The first kappa shape index (κ1) is 11.2. The highest BCUT2D eigenvalue weighted by molar-refractivity contribution is 5.76. The molecule has 4 nitrogen and oxygen atoms in total. The molecule has 1 N–H and O–H groups in total. The summed E-state index contributed by atoms with van der Waals surface area (Å²) in [7, 11) is 0. The van der Waals surface area contributed by atoms with Crippen molar-refractivity contribution in [3.05, 3.63) is 30.1 Å². The lowest BCUT2D eigenvalue weighted by molar-refractivity contribution is 0.0776. The zero-order valence-corrected chi connectivity index (χ0v) is 10.1. The summed E-state index contributed by atoms with van der Waals surface area (Å²) in [5, 5.41) is 18.9. The molecule has 0 saturated heterocycles. The number of aromatic nitrogens is 2. The van der Waals surface area contributed by atoms with Gasteiger partial charge in [-0.15, -0.1) is 0 Å². The Hall–Kier alpha value is -1.86. The average Bonchev–Trinajstić information content (AvgIpc) is 2.82. The van der Waals surface area contributed by atoms with Crippen molar-refractivity contribution in [3.63, 3.8) is 0 Å². The SMILES string of the molecule is N#Cc1ccc2c(ccn2[C@H]2CCCC[C@@H]2O)n1. The highest BCUT2D eigenvalue weighted by atomic mass is 16.3. The van der Waals surface area contributed by atoms with Gasteiger partial charge in [0.1, 0.15) is 11.8 Å². The molecule has 1 aliphatic carbocycles. The molecule has 0 bridgehead atoms. The summed E-state index contributed by atoms with van der Waals surface area (Å²) in [6.45, 7) is 0. The van der Waals surface area contributed by atoms with E-state index in [1.165, 1.54) is 0 Å². The van der Waals surface area contributed by atoms with Crippen LogP contribution in [0.15, 0.2) is 24.4 Å². The maximum absolute atomic E-state index is 10.1. The van der Waals surface area contributed by atoms with E-state index in [1.54, 1.807) is 6.07 Å². The van der Waals surface area contributed by atoms with E-state index >= 15 is 0 Å². The third-order valence-corrected chi connectivity index (χ3v) is 3.74. The second-order valence-corrected chi connectivity index (χ2v) is 4.85. The van der Waals surface area contributed by atoms with E-state index in [4.69, 9.17) is 5.26 Å². The van der Waals surface area contributed by atoms with Crippen LogP contribution in [0.5, 0.6) is 0 Å². The minimum atomic E-state index is -0.273. The van der Waals surface area contributed by atoms with Crippen LogP contribution in [0.4, 0.5) is 0 Å². The standard InChI is InChI=1S/C14H15N3O/c15-9-10-5-6-12-11(16-10)7-8-17(12)13-3-1-2-4-14(13)18/h5-8,13-14,18H,1-4H2/t13-,14-/m0/s1. The Morgan fingerprint density at radius 2 is 2.11 bits per heavy atom. The van der Waals surface area contributed by atoms with Gasteiger partial charge >= 0.3 is 0 Å². The number of fused-ring (bicyclic) bond motifs is 1. The predicted molar refractivity (Wildman–Crippen MR) is 68.0 cm³/mol. The lowest BCUT2D eigenvalue weighted by atomic mass is 9.92. The van der Waals surface area contributed by atoms with Crippen molar-refractivity contribution < 1.29 is 5.11 Å². The molecule has 2 aromatic rings. The van der Waals surface area contributed by atoms with Gasteiger partial charge < -0.3 is 9.67 Å². The number of nitriles is 1. The summed E-state index contributed by atoms with van der Waals surface area (Å²) in [5.74, 6) is 0. The molecule has 0 amide bonds. The van der Waals surface area contributed by atoms with Crippen LogP contribution < -0.4 is 0 Å². The average molecular weight is 241 g/mol. The zero-order valence-electron chi connectivity index (χ0n) is 10.1. The summed E-state index contributed by atoms with van der Waals surface area (Å²) >= 11 is 0. The Bertz CT molecular complexity index is 611. The molecule has 92 valence electrons. The van der Waals surface area contributed by atoms with E-state index in [0.29, 0.717) is 5.69 Å². The largest absolute Gasteiger partial charge is 0.391 e. The van der Waals surface area contributed by atoms with Crippen LogP contribution in [-0.2, 0) is 0 Å². The Morgan fingerprint density at radius 3 is 2.89 bits per heavy atom. The van der Waals surface area contributed by atoms with Crippen molar-refractivity contribution in [3.8, 4) is 6.07 Å². The summed E-state index contributed by atoms with van der Waals surface area (Å²) in [6.07, 6.45) is 5.83. The molecule has 0 aromatic carbocycles. The minimum absolute atomic E-state index is 0.144. The Labute approximate surface area is 105 Å². The number of pyridine rings is 1. The van der Waals surface area contributed by atoms with Crippen LogP contribution in [0.25, 0.3) is 11.0 Å². The first-order valence-corrected chi connectivity index (χ1v) is 6.35. The van der Waals surface area contributed by atoms with Crippen LogP contribution in [-0.4, -0.2) is 20.8 Å². The molecule has 4 heteroatoms. The first-order chi connectivity index (χ1) is 8.79. The van der Waals surface area contributed by atoms with Gasteiger partial charge in [-0.25, -0.2) is 4.98 Å². The van der Waals surface area contributed by atoms with Gasteiger partial charge in [-0.3, -0.25) is 0 Å². The molecule has 0 radical (unpaired) electrons. The van der Waals surface area contributed by atoms with E-state index in [-0.39, 0.29) is 12.1 Å². The monoisotopic (exact) mass is 241 g/mol. The van der Waals surface area contributed by atoms with Gasteiger partial charge in [0.25, 0.3) is 0 Å². The molecular formula is C14H15N3O. The molecule has 2 atom stereocenters. The van der Waals surface area contributed by atoms with Crippen LogP contribution in [0.3, 0.4) is 0 Å². The molecule has 1 saturated carbocycles. The molecular weight excluding hydrogens is 226 g/mol. The van der Waals surface area contributed by atoms with Crippen molar-refractivity contribution in [1.82, 2.24) is 9.55 Å². The van der Waals surface area contributed by atoms with E-state index in [9.17, 15) is 5.11 Å². The summed E-state index contributed by atoms with van der Waals surface area (Å²) in [5.41, 5.74) is 2.26. The maximum Gasteiger partial charge on any atom is 0.141 e. The molecule has 1 fully saturated rings. The smallest absolute Gasteiger partial charge is 0.141 e. The fraction of sp³-hybridized carbons (Fsp3) is 0.429. The third kappa shape index (κ3) is 1.77. The van der Waals surface area contributed by atoms with E-state index in [1.807, 2.05) is 24.4 Å². The van der Waals surface area contributed by atoms with Gasteiger partial charge in [-0.1, -0.05) is 12.8 Å². The molecule has 2 heterocycles. The number of hydrogen-bond acceptors (Lipinski definition) is 3. The fourth-order valence-corrected chi connectivity index (χ4v) is 2.81. The number of hydrogen-bond donors (Lipinski definition) is 1. The molecule has 3 rings (SSSR count). The first-order valence-electron chi connectivity index (χ1n) is 6.35. The van der Waals surface area contributed by atoms with Gasteiger partial charge in [0.2, 0.25) is 0 Å². The van der Waals surface area contributed by atoms with Crippen LogP contribution in [0.1, 0.15) is 37.4 Å². The van der Waals surface area contributed by atoms with Gasteiger partial charge in [0, 0.05) is 6.20 Å². The van der Waals surface area contributed by atoms with Crippen molar-refractivity contribution in [2.24, 2.45) is 0 Å². The minimum Gasteiger partial charge on any atom is -0.391 e. The molecule has 0 spiro atoms. The van der Waals surface area contributed by atoms with Gasteiger partial charge in [-0.05, 0) is 31.0 Å². The maximum atomic E-state index is 10.1. The summed E-state index contributed by atoms with van der Waals surface area (Å²) in [6, 6.07) is 7.75. The van der Waals surface area contributed by atoms with Crippen LogP contribution >= 0.6 is 0 Å². The molecule has 1 aliphatic rings. The Balaban J connectivity index is 2.05. The lowest BCUT2D eigenvalue weighted by Gasteiger charge is -2.29. The Morgan fingerprint density at radius 1 is 1.28 bits per heavy atom. The normalized spacial score (nSPS) is 24.0. The second-order valence-electron chi connectivity index (χ2n) is 4.85.